The van der Waals surface area contributed by atoms with Gasteiger partial charge in [-0.05, 0) is 37.1 Å². The molecule has 0 saturated carbocycles. The molecule has 1 aromatic heterocycles. The van der Waals surface area contributed by atoms with E-state index in [0.717, 1.165) is 26.9 Å². The Balaban J connectivity index is 2.31. The van der Waals surface area contributed by atoms with Crippen molar-refractivity contribution in [3.8, 4) is 10.9 Å². The van der Waals surface area contributed by atoms with Crippen LogP contribution in [0.4, 0.5) is 0 Å². The first-order valence-corrected chi connectivity index (χ1v) is 7.21. The van der Waals surface area contributed by atoms with Crippen molar-refractivity contribution in [3.63, 3.8) is 0 Å². The molecule has 0 bridgehead atoms. The Bertz CT molecular complexity index is 633. The van der Waals surface area contributed by atoms with E-state index in [1.807, 2.05) is 26.0 Å². The molecular weight excluding hydrogens is 354 g/mol. The minimum Gasteiger partial charge on any atom is -0.477 e. The fraction of sp³-hybridized carbons (Fsp3) is 0.167. The maximum absolute atomic E-state index is 10.9. The number of carboxylic acid groups (broad SMARTS) is 1. The Kier molecular flexibility index (Phi) is 4.13. The van der Waals surface area contributed by atoms with E-state index in [-0.39, 0.29) is 15.2 Å². The van der Waals surface area contributed by atoms with E-state index in [2.05, 4.69) is 20.9 Å². The summed E-state index contributed by atoms with van der Waals surface area (Å²) in [5.41, 5.74) is 2.05. The maximum atomic E-state index is 10.9. The van der Waals surface area contributed by atoms with Crippen LogP contribution in [-0.4, -0.2) is 16.1 Å². The van der Waals surface area contributed by atoms with E-state index < -0.39 is 5.97 Å². The zero-order chi connectivity index (χ0) is 14.2. The van der Waals surface area contributed by atoms with Crippen molar-refractivity contribution in [1.29, 1.82) is 0 Å². The molecule has 0 aliphatic carbocycles. The van der Waals surface area contributed by atoms with Crippen molar-refractivity contribution < 1.29 is 14.6 Å². The van der Waals surface area contributed by atoms with E-state index in [9.17, 15) is 4.79 Å². The number of aromatic carboxylic acids is 1. The lowest BCUT2D eigenvalue weighted by Crippen LogP contribution is -1.91. The van der Waals surface area contributed by atoms with Crippen molar-refractivity contribution in [2.24, 2.45) is 0 Å². The van der Waals surface area contributed by atoms with E-state index in [0.29, 0.717) is 5.75 Å². The fourth-order valence-corrected chi connectivity index (χ4v) is 2.74. The van der Waals surface area contributed by atoms with Gasteiger partial charge in [-0.25, -0.2) is 4.79 Å². The van der Waals surface area contributed by atoms with Crippen LogP contribution < -0.4 is 4.74 Å². The molecule has 7 heteroatoms. The third kappa shape index (κ3) is 3.08. The molecule has 0 amide bonds. The molecule has 0 fully saturated rings. The number of rotatable bonds is 3. The Morgan fingerprint density at radius 3 is 2.47 bits per heavy atom. The first kappa shape index (κ1) is 14.3. The van der Waals surface area contributed by atoms with Crippen LogP contribution in [-0.2, 0) is 0 Å². The lowest BCUT2D eigenvalue weighted by Gasteiger charge is -2.07. The monoisotopic (exact) mass is 361 g/mol. The molecule has 1 N–H and O–H groups in total. The van der Waals surface area contributed by atoms with Crippen molar-refractivity contribution in [1.82, 2.24) is 4.98 Å². The van der Waals surface area contributed by atoms with Crippen LogP contribution in [0.25, 0.3) is 0 Å². The number of halogens is 2. The third-order valence-corrected chi connectivity index (χ3v) is 4.93. The largest absolute Gasteiger partial charge is 0.477 e. The van der Waals surface area contributed by atoms with Gasteiger partial charge in [0.05, 0.1) is 0 Å². The molecule has 2 rings (SSSR count). The highest BCUT2D eigenvalue weighted by atomic mass is 79.9. The quantitative estimate of drug-likeness (QED) is 0.862. The molecule has 19 heavy (non-hydrogen) atoms. The number of hydrogen-bond donors (Lipinski definition) is 1. The molecule has 4 nitrogen and oxygen atoms in total. The SMILES string of the molecule is Cc1cc(Oc2nc(Cl)c(C(=O)O)s2)cc(C)c1Br. The molecule has 1 aromatic carbocycles. The lowest BCUT2D eigenvalue weighted by molar-refractivity contribution is 0.0702. The summed E-state index contributed by atoms with van der Waals surface area (Å²) in [6.45, 7) is 3.89. The van der Waals surface area contributed by atoms with Gasteiger partial charge in [0.1, 0.15) is 5.75 Å². The standard InChI is InChI=1S/C12H9BrClNO3S/c1-5-3-7(4-6(2)8(5)13)18-12-15-10(14)9(19-12)11(16)17/h3-4H,1-2H3,(H,16,17). The number of hydrogen-bond acceptors (Lipinski definition) is 4. The summed E-state index contributed by atoms with van der Waals surface area (Å²) < 4.78 is 6.56. The Morgan fingerprint density at radius 1 is 1.42 bits per heavy atom. The Labute approximate surface area is 127 Å². The second-order valence-corrected chi connectivity index (χ2v) is 5.99. The van der Waals surface area contributed by atoms with Gasteiger partial charge in [0.15, 0.2) is 10.0 Å². The number of aromatic nitrogens is 1. The van der Waals surface area contributed by atoms with Crippen LogP contribution in [0.2, 0.25) is 5.15 Å². The summed E-state index contributed by atoms with van der Waals surface area (Å²) in [7, 11) is 0. The average Bonchev–Trinajstić information content (AvgIpc) is 2.67. The molecule has 1 heterocycles. The molecule has 100 valence electrons. The fourth-order valence-electron chi connectivity index (χ4n) is 1.52. The summed E-state index contributed by atoms with van der Waals surface area (Å²) in [4.78, 5) is 14.7. The minimum absolute atomic E-state index is 0.0257. The van der Waals surface area contributed by atoms with E-state index in [1.54, 1.807) is 0 Å². The summed E-state index contributed by atoms with van der Waals surface area (Å²) in [5.74, 6) is -0.513. The smallest absolute Gasteiger partial charge is 0.349 e. The first-order chi connectivity index (χ1) is 8.88. The molecule has 0 saturated heterocycles. The van der Waals surface area contributed by atoms with E-state index >= 15 is 0 Å². The summed E-state index contributed by atoms with van der Waals surface area (Å²) >= 11 is 10.1. The highest BCUT2D eigenvalue weighted by Gasteiger charge is 2.17. The minimum atomic E-state index is -1.11. The van der Waals surface area contributed by atoms with Crippen LogP contribution in [0, 0.1) is 13.8 Å². The number of thiazole rings is 1. The molecule has 0 aliphatic rings. The van der Waals surface area contributed by atoms with Gasteiger partial charge in [-0.3, -0.25) is 0 Å². The summed E-state index contributed by atoms with van der Waals surface area (Å²) in [6, 6.07) is 3.68. The first-order valence-electron chi connectivity index (χ1n) is 5.22. The Hall–Kier alpha value is -1.11. The van der Waals surface area contributed by atoms with Crippen LogP contribution in [0.3, 0.4) is 0 Å². The van der Waals surface area contributed by atoms with Gasteiger partial charge in [-0.2, -0.15) is 4.98 Å². The van der Waals surface area contributed by atoms with Crippen LogP contribution in [0.1, 0.15) is 20.8 Å². The van der Waals surface area contributed by atoms with E-state index in [4.69, 9.17) is 21.4 Å². The van der Waals surface area contributed by atoms with Gasteiger partial charge in [0.25, 0.3) is 5.19 Å². The van der Waals surface area contributed by atoms with Gasteiger partial charge < -0.3 is 9.84 Å². The van der Waals surface area contributed by atoms with Gasteiger partial charge in [-0.1, -0.05) is 38.9 Å². The van der Waals surface area contributed by atoms with Gasteiger partial charge >= 0.3 is 5.97 Å². The molecule has 0 radical (unpaired) electrons. The van der Waals surface area contributed by atoms with Crippen molar-refractivity contribution in [2.45, 2.75) is 13.8 Å². The second-order valence-electron chi connectivity index (χ2n) is 3.88. The zero-order valence-corrected chi connectivity index (χ0v) is 13.2. The highest BCUT2D eigenvalue weighted by Crippen LogP contribution is 2.34. The van der Waals surface area contributed by atoms with Crippen molar-refractivity contribution in [2.75, 3.05) is 0 Å². The molecule has 0 spiro atoms. The molecular formula is C12H9BrClNO3S. The zero-order valence-electron chi connectivity index (χ0n) is 10.0. The lowest BCUT2D eigenvalue weighted by atomic mass is 10.1. The molecule has 0 atom stereocenters. The average molecular weight is 363 g/mol. The van der Waals surface area contributed by atoms with Gasteiger partial charge in [-0.15, -0.1) is 0 Å². The number of carboxylic acids is 1. The molecule has 0 aliphatic heterocycles. The van der Waals surface area contributed by atoms with E-state index in [1.165, 1.54) is 0 Å². The number of carbonyl (C=O) groups is 1. The topological polar surface area (TPSA) is 59.4 Å². The van der Waals surface area contributed by atoms with Crippen LogP contribution >= 0.6 is 38.9 Å². The molecule has 0 unspecified atom stereocenters. The van der Waals surface area contributed by atoms with Gasteiger partial charge in [0.2, 0.25) is 0 Å². The third-order valence-electron chi connectivity index (χ3n) is 2.38. The Morgan fingerprint density at radius 2 is 2.00 bits per heavy atom. The van der Waals surface area contributed by atoms with Gasteiger partial charge in [0, 0.05) is 4.47 Å². The highest BCUT2D eigenvalue weighted by molar-refractivity contribution is 9.10. The van der Waals surface area contributed by atoms with Crippen LogP contribution in [0.5, 0.6) is 10.9 Å². The number of nitrogens with zero attached hydrogens (tertiary/aromatic N) is 1. The number of benzene rings is 1. The normalized spacial score (nSPS) is 10.5. The second kappa shape index (κ2) is 5.48. The number of ether oxygens (including phenoxy) is 1. The molecule has 2 aromatic rings. The maximum Gasteiger partial charge on any atom is 0.349 e. The number of aryl methyl sites for hydroxylation is 2. The summed E-state index contributed by atoms with van der Waals surface area (Å²) in [5, 5.41) is 9.05. The van der Waals surface area contributed by atoms with Crippen molar-refractivity contribution >= 4 is 44.8 Å². The van der Waals surface area contributed by atoms with Crippen LogP contribution in [0.15, 0.2) is 16.6 Å². The summed E-state index contributed by atoms with van der Waals surface area (Å²) in [6.07, 6.45) is 0. The van der Waals surface area contributed by atoms with Crippen molar-refractivity contribution in [3.05, 3.63) is 37.8 Å². The predicted molar refractivity (Wildman–Crippen MR) is 77.8 cm³/mol. The predicted octanol–water partition coefficient (Wildman–Crippen LogP) is 4.67.